The molecule has 3 aromatic heterocycles. The Morgan fingerprint density at radius 3 is 2.77 bits per heavy atom. The standard InChI is InChI=1S/C23H28N6O2/c1-4-31-23(30)27-7-8-28(16(3)12-27)21-20-19(17-5-6-17)13-29(22(20)26-14-25-21)18-9-15(2)10-24-11-18/h9-11,13-14,16-17H,4-8,12H2,1-3H3/t16-/m0/s1. The Labute approximate surface area is 181 Å². The molecule has 1 saturated carbocycles. The van der Waals surface area contributed by atoms with Crippen LogP contribution in [0.4, 0.5) is 10.6 Å². The minimum absolute atomic E-state index is 0.132. The summed E-state index contributed by atoms with van der Waals surface area (Å²) >= 11 is 0. The van der Waals surface area contributed by atoms with Gasteiger partial charge in [0.1, 0.15) is 17.8 Å². The molecular weight excluding hydrogens is 392 g/mol. The van der Waals surface area contributed by atoms with Crippen molar-refractivity contribution in [2.45, 2.75) is 45.6 Å². The number of amides is 1. The van der Waals surface area contributed by atoms with Crippen molar-refractivity contribution in [3.05, 3.63) is 42.1 Å². The predicted octanol–water partition coefficient (Wildman–Crippen LogP) is 3.67. The monoisotopic (exact) mass is 420 g/mol. The Kier molecular flexibility index (Phi) is 5.00. The number of aromatic nitrogens is 4. The highest BCUT2D eigenvalue weighted by Gasteiger charge is 2.34. The molecule has 1 aliphatic heterocycles. The van der Waals surface area contributed by atoms with E-state index in [2.05, 4.69) is 45.5 Å². The molecule has 5 rings (SSSR count). The van der Waals surface area contributed by atoms with Crippen molar-refractivity contribution < 1.29 is 9.53 Å². The van der Waals surface area contributed by atoms with Crippen molar-refractivity contribution in [2.24, 2.45) is 0 Å². The molecule has 8 nitrogen and oxygen atoms in total. The smallest absolute Gasteiger partial charge is 0.409 e. The van der Waals surface area contributed by atoms with Crippen molar-refractivity contribution in [1.82, 2.24) is 24.4 Å². The molecule has 1 amide bonds. The summed E-state index contributed by atoms with van der Waals surface area (Å²) in [7, 11) is 0. The molecule has 0 radical (unpaired) electrons. The van der Waals surface area contributed by atoms with Gasteiger partial charge in [-0.2, -0.15) is 0 Å². The van der Waals surface area contributed by atoms with Gasteiger partial charge in [0.25, 0.3) is 0 Å². The van der Waals surface area contributed by atoms with E-state index in [9.17, 15) is 4.79 Å². The van der Waals surface area contributed by atoms with Gasteiger partial charge in [0.15, 0.2) is 0 Å². The summed E-state index contributed by atoms with van der Waals surface area (Å²) in [4.78, 5) is 30.1. The fourth-order valence-corrected chi connectivity index (χ4v) is 4.52. The Bertz CT molecular complexity index is 1120. The van der Waals surface area contributed by atoms with Crippen LogP contribution in [0.2, 0.25) is 0 Å². The second kappa shape index (κ2) is 7.83. The highest BCUT2D eigenvalue weighted by Crippen LogP contribution is 2.46. The topological polar surface area (TPSA) is 76.4 Å². The van der Waals surface area contributed by atoms with Gasteiger partial charge in [-0.25, -0.2) is 14.8 Å². The summed E-state index contributed by atoms with van der Waals surface area (Å²) < 4.78 is 7.34. The molecule has 0 bridgehead atoms. The second-order valence-electron chi connectivity index (χ2n) is 8.53. The van der Waals surface area contributed by atoms with Crippen LogP contribution in [-0.2, 0) is 4.74 Å². The number of ether oxygens (including phenoxy) is 1. The zero-order valence-corrected chi connectivity index (χ0v) is 18.3. The van der Waals surface area contributed by atoms with E-state index in [4.69, 9.17) is 9.72 Å². The number of anilines is 1. The van der Waals surface area contributed by atoms with E-state index < -0.39 is 0 Å². The number of hydrogen-bond acceptors (Lipinski definition) is 6. The van der Waals surface area contributed by atoms with Crippen LogP contribution < -0.4 is 4.90 Å². The number of nitrogens with zero attached hydrogens (tertiary/aromatic N) is 6. The van der Waals surface area contributed by atoms with Gasteiger partial charge in [-0.15, -0.1) is 0 Å². The fourth-order valence-electron chi connectivity index (χ4n) is 4.52. The summed E-state index contributed by atoms with van der Waals surface area (Å²) in [6.45, 7) is 8.37. The van der Waals surface area contributed by atoms with E-state index in [-0.39, 0.29) is 12.1 Å². The lowest BCUT2D eigenvalue weighted by Gasteiger charge is -2.40. The van der Waals surface area contributed by atoms with E-state index in [1.54, 1.807) is 11.2 Å². The normalized spacial score (nSPS) is 19.1. The molecule has 1 saturated heterocycles. The summed E-state index contributed by atoms with van der Waals surface area (Å²) in [5.74, 6) is 1.52. The number of carbonyl (C=O) groups is 1. The van der Waals surface area contributed by atoms with Crippen LogP contribution in [0.5, 0.6) is 0 Å². The molecule has 0 aromatic carbocycles. The maximum absolute atomic E-state index is 12.2. The van der Waals surface area contributed by atoms with Crippen LogP contribution in [0.3, 0.4) is 0 Å². The fraction of sp³-hybridized carbons (Fsp3) is 0.478. The molecule has 2 fully saturated rings. The molecule has 8 heteroatoms. The maximum atomic E-state index is 12.2. The van der Waals surface area contributed by atoms with Crippen LogP contribution in [0.1, 0.15) is 43.7 Å². The lowest BCUT2D eigenvalue weighted by Crippen LogP contribution is -2.54. The molecule has 2 aliphatic rings. The molecule has 162 valence electrons. The first-order valence-electron chi connectivity index (χ1n) is 11.0. The number of piperazine rings is 1. The van der Waals surface area contributed by atoms with Crippen molar-refractivity contribution in [3.8, 4) is 5.69 Å². The average Bonchev–Trinajstić information content (AvgIpc) is 3.53. The first-order chi connectivity index (χ1) is 15.1. The van der Waals surface area contributed by atoms with Gasteiger partial charge in [-0.1, -0.05) is 0 Å². The highest BCUT2D eigenvalue weighted by atomic mass is 16.6. The van der Waals surface area contributed by atoms with Crippen molar-refractivity contribution in [2.75, 3.05) is 31.1 Å². The van der Waals surface area contributed by atoms with Gasteiger partial charge in [0, 0.05) is 38.1 Å². The Morgan fingerprint density at radius 2 is 2.06 bits per heavy atom. The number of pyridine rings is 1. The summed E-state index contributed by atoms with van der Waals surface area (Å²) in [5, 5.41) is 1.13. The van der Waals surface area contributed by atoms with Gasteiger partial charge in [-0.05, 0) is 56.7 Å². The summed E-state index contributed by atoms with van der Waals surface area (Å²) in [5.41, 5.74) is 4.36. The van der Waals surface area contributed by atoms with Crippen LogP contribution in [0.15, 0.2) is 31.0 Å². The number of hydrogen-bond donors (Lipinski definition) is 0. The Balaban J connectivity index is 1.55. The van der Waals surface area contributed by atoms with E-state index in [0.717, 1.165) is 28.1 Å². The number of aryl methyl sites for hydroxylation is 1. The minimum atomic E-state index is -0.237. The van der Waals surface area contributed by atoms with Crippen molar-refractivity contribution >= 4 is 22.9 Å². The first kappa shape index (κ1) is 19.8. The minimum Gasteiger partial charge on any atom is -0.450 e. The van der Waals surface area contributed by atoms with Gasteiger partial charge < -0.3 is 14.5 Å². The van der Waals surface area contributed by atoms with Crippen LogP contribution in [0, 0.1) is 6.92 Å². The van der Waals surface area contributed by atoms with Gasteiger partial charge >= 0.3 is 6.09 Å². The molecule has 3 aromatic rings. The van der Waals surface area contributed by atoms with Gasteiger partial charge in [0.2, 0.25) is 0 Å². The third-order valence-electron chi connectivity index (χ3n) is 6.17. The maximum Gasteiger partial charge on any atom is 0.409 e. The molecule has 1 atom stereocenters. The molecular formula is C23H28N6O2. The Morgan fingerprint density at radius 1 is 1.23 bits per heavy atom. The van der Waals surface area contributed by atoms with Crippen LogP contribution >= 0.6 is 0 Å². The van der Waals surface area contributed by atoms with E-state index in [1.165, 1.54) is 18.4 Å². The van der Waals surface area contributed by atoms with Gasteiger partial charge in [-0.3, -0.25) is 9.55 Å². The second-order valence-corrected chi connectivity index (χ2v) is 8.53. The van der Waals surface area contributed by atoms with E-state index in [1.807, 2.05) is 19.3 Å². The lowest BCUT2D eigenvalue weighted by molar-refractivity contribution is 0.100. The molecule has 1 aliphatic carbocycles. The van der Waals surface area contributed by atoms with Gasteiger partial charge in [0.05, 0.1) is 23.9 Å². The van der Waals surface area contributed by atoms with E-state index in [0.29, 0.717) is 32.2 Å². The largest absolute Gasteiger partial charge is 0.450 e. The van der Waals surface area contributed by atoms with Crippen molar-refractivity contribution in [3.63, 3.8) is 0 Å². The zero-order chi connectivity index (χ0) is 21.5. The van der Waals surface area contributed by atoms with Crippen LogP contribution in [0.25, 0.3) is 16.7 Å². The quantitative estimate of drug-likeness (QED) is 0.641. The number of rotatable bonds is 4. The average molecular weight is 421 g/mol. The van der Waals surface area contributed by atoms with Crippen LogP contribution in [-0.4, -0.2) is 62.8 Å². The predicted molar refractivity (Wildman–Crippen MR) is 119 cm³/mol. The molecule has 4 heterocycles. The first-order valence-corrected chi connectivity index (χ1v) is 11.0. The SMILES string of the molecule is CCOC(=O)N1CCN(c2ncnc3c2c(C2CC2)cn3-c2cncc(C)c2)[C@@H](C)C1. The number of fused-ring (bicyclic) bond motifs is 1. The Hall–Kier alpha value is -3.16. The van der Waals surface area contributed by atoms with E-state index >= 15 is 0 Å². The molecule has 31 heavy (non-hydrogen) atoms. The molecule has 0 spiro atoms. The summed E-state index contributed by atoms with van der Waals surface area (Å²) in [6, 6.07) is 2.26. The molecule has 0 N–H and O–H groups in total. The number of carbonyl (C=O) groups excluding carboxylic acids is 1. The lowest BCUT2D eigenvalue weighted by atomic mass is 10.1. The third kappa shape index (κ3) is 3.60. The van der Waals surface area contributed by atoms with Crippen molar-refractivity contribution in [1.29, 1.82) is 0 Å². The highest BCUT2D eigenvalue weighted by molar-refractivity contribution is 5.93. The summed E-state index contributed by atoms with van der Waals surface area (Å²) in [6.07, 6.45) is 9.78. The molecule has 0 unspecified atom stereocenters. The third-order valence-corrected chi connectivity index (χ3v) is 6.17. The zero-order valence-electron chi connectivity index (χ0n) is 18.3.